The van der Waals surface area contributed by atoms with Crippen LogP contribution in [0.25, 0.3) is 0 Å². The molecule has 0 heterocycles. The first-order valence-electron chi connectivity index (χ1n) is 4.64. The Balaban J connectivity index is 2.75. The number of benzene rings is 1. The molecule has 1 aromatic rings. The van der Waals surface area contributed by atoms with Gasteiger partial charge >= 0.3 is 92.1 Å². The van der Waals surface area contributed by atoms with E-state index in [9.17, 15) is 0 Å². The van der Waals surface area contributed by atoms with Crippen molar-refractivity contribution in [3.8, 4) is 4.97 Å². The Bertz CT molecular complexity index is 327. The first-order chi connectivity index (χ1) is 6.54. The monoisotopic (exact) mass is 253 g/mol. The third kappa shape index (κ3) is 3.18. The maximum absolute atomic E-state index is 8.49. The van der Waals surface area contributed by atoms with Gasteiger partial charge in [0.1, 0.15) is 0 Å². The standard InChI is InChI=1S/C12H15NSe/c1-12(2,3)11-6-4-10(5-7-11)8-14-9-13/h4-7H,8H2,1-3H3. The first kappa shape index (κ1) is 11.3. The number of hydrogen-bond acceptors (Lipinski definition) is 1. The van der Waals surface area contributed by atoms with Crippen molar-refractivity contribution in [3.05, 3.63) is 35.4 Å². The number of rotatable bonds is 2. The fraction of sp³-hybridized carbons (Fsp3) is 0.417. The van der Waals surface area contributed by atoms with Gasteiger partial charge in [-0.25, -0.2) is 0 Å². The Hall–Kier alpha value is -0.771. The van der Waals surface area contributed by atoms with Crippen LogP contribution in [-0.2, 0) is 10.7 Å². The van der Waals surface area contributed by atoms with Gasteiger partial charge in [-0.3, -0.25) is 0 Å². The fourth-order valence-corrected chi connectivity index (χ4v) is 2.11. The second kappa shape index (κ2) is 4.64. The summed E-state index contributed by atoms with van der Waals surface area (Å²) in [5.41, 5.74) is 2.85. The van der Waals surface area contributed by atoms with Crippen LogP contribution in [0.4, 0.5) is 0 Å². The van der Waals surface area contributed by atoms with Crippen molar-refractivity contribution in [3.63, 3.8) is 0 Å². The predicted molar refractivity (Wildman–Crippen MR) is 60.2 cm³/mol. The van der Waals surface area contributed by atoms with E-state index in [0.29, 0.717) is 0 Å². The van der Waals surface area contributed by atoms with Gasteiger partial charge in [-0.1, -0.05) is 0 Å². The number of nitriles is 1. The molecule has 14 heavy (non-hydrogen) atoms. The Morgan fingerprint density at radius 1 is 1.21 bits per heavy atom. The zero-order chi connectivity index (χ0) is 10.6. The molecule has 1 nitrogen and oxygen atoms in total. The first-order valence-corrected chi connectivity index (χ1v) is 6.71. The third-order valence-electron chi connectivity index (χ3n) is 2.12. The van der Waals surface area contributed by atoms with E-state index >= 15 is 0 Å². The molecule has 0 aromatic heterocycles. The van der Waals surface area contributed by atoms with Crippen LogP contribution >= 0.6 is 0 Å². The van der Waals surface area contributed by atoms with Crippen LogP contribution in [0.1, 0.15) is 31.9 Å². The maximum atomic E-state index is 8.49. The molecule has 0 bridgehead atoms. The Kier molecular flexibility index (Phi) is 3.75. The van der Waals surface area contributed by atoms with E-state index in [1.165, 1.54) is 11.1 Å². The van der Waals surface area contributed by atoms with Gasteiger partial charge in [0.15, 0.2) is 0 Å². The van der Waals surface area contributed by atoms with Gasteiger partial charge in [0, 0.05) is 0 Å². The van der Waals surface area contributed by atoms with Crippen molar-refractivity contribution in [1.29, 1.82) is 5.26 Å². The molecule has 0 aliphatic carbocycles. The van der Waals surface area contributed by atoms with Gasteiger partial charge in [-0.15, -0.1) is 0 Å². The minimum atomic E-state index is 0.100. The molecular weight excluding hydrogens is 237 g/mol. The molecule has 0 N–H and O–H groups in total. The summed E-state index contributed by atoms with van der Waals surface area (Å²) in [6.07, 6.45) is 0. The minimum absolute atomic E-state index is 0.100. The summed E-state index contributed by atoms with van der Waals surface area (Å²) in [4.78, 5) is 2.22. The molecule has 0 radical (unpaired) electrons. The van der Waals surface area contributed by atoms with Gasteiger partial charge in [-0.2, -0.15) is 0 Å². The molecule has 0 aliphatic rings. The SMILES string of the molecule is CC(C)(C)c1ccc(C[Se]C#N)cc1. The molecule has 2 heteroatoms. The van der Waals surface area contributed by atoms with Crippen LogP contribution in [0.5, 0.6) is 0 Å². The third-order valence-corrected chi connectivity index (χ3v) is 3.40. The quantitative estimate of drug-likeness (QED) is 0.742. The van der Waals surface area contributed by atoms with E-state index in [0.717, 1.165) is 5.32 Å². The second-order valence-electron chi connectivity index (χ2n) is 4.33. The van der Waals surface area contributed by atoms with Gasteiger partial charge < -0.3 is 0 Å². The molecule has 0 saturated heterocycles. The Labute approximate surface area is 92.3 Å². The summed E-state index contributed by atoms with van der Waals surface area (Å²) in [5.74, 6) is 0. The molecule has 1 aromatic carbocycles. The van der Waals surface area contributed by atoms with E-state index in [4.69, 9.17) is 5.26 Å². The van der Waals surface area contributed by atoms with E-state index in [1.807, 2.05) is 0 Å². The van der Waals surface area contributed by atoms with Crippen LogP contribution in [0.3, 0.4) is 0 Å². The molecular formula is C12H15NSe. The van der Waals surface area contributed by atoms with Gasteiger partial charge in [0.05, 0.1) is 0 Å². The molecule has 0 spiro atoms. The molecule has 0 fully saturated rings. The van der Waals surface area contributed by atoms with E-state index in [-0.39, 0.29) is 20.4 Å². The van der Waals surface area contributed by atoms with Crippen molar-refractivity contribution in [2.45, 2.75) is 31.5 Å². The summed E-state index contributed by atoms with van der Waals surface area (Å²) >= 11 is 0.100. The number of hydrogen-bond donors (Lipinski definition) is 0. The van der Waals surface area contributed by atoms with Crippen molar-refractivity contribution in [2.75, 3.05) is 0 Å². The van der Waals surface area contributed by atoms with Gasteiger partial charge in [0.2, 0.25) is 0 Å². The topological polar surface area (TPSA) is 23.8 Å². The van der Waals surface area contributed by atoms with E-state index in [1.54, 1.807) is 0 Å². The summed E-state index contributed by atoms with van der Waals surface area (Å²) < 4.78 is 0. The zero-order valence-electron chi connectivity index (χ0n) is 8.87. The molecule has 1 rings (SSSR count). The zero-order valence-corrected chi connectivity index (χ0v) is 10.6. The molecule has 0 amide bonds. The Morgan fingerprint density at radius 3 is 2.21 bits per heavy atom. The van der Waals surface area contributed by atoms with Crippen LogP contribution in [0.2, 0.25) is 0 Å². The molecule has 0 unspecified atom stereocenters. The van der Waals surface area contributed by atoms with Gasteiger partial charge in [-0.05, 0) is 0 Å². The van der Waals surface area contributed by atoms with Crippen molar-refractivity contribution >= 4 is 15.0 Å². The van der Waals surface area contributed by atoms with Crippen LogP contribution in [0, 0.1) is 10.2 Å². The van der Waals surface area contributed by atoms with E-state index in [2.05, 4.69) is 50.0 Å². The summed E-state index contributed by atoms with van der Waals surface area (Å²) in [6.45, 7) is 6.63. The van der Waals surface area contributed by atoms with Crippen LogP contribution in [0.15, 0.2) is 24.3 Å². The second-order valence-corrected chi connectivity index (χ2v) is 5.92. The summed E-state index contributed by atoms with van der Waals surface area (Å²) in [6, 6.07) is 8.62. The molecule has 0 saturated carbocycles. The normalized spacial score (nSPS) is 11.0. The fourth-order valence-electron chi connectivity index (χ4n) is 1.22. The Morgan fingerprint density at radius 2 is 1.79 bits per heavy atom. The van der Waals surface area contributed by atoms with Crippen LogP contribution in [-0.4, -0.2) is 15.0 Å². The molecule has 0 aliphatic heterocycles. The summed E-state index contributed by atoms with van der Waals surface area (Å²) in [7, 11) is 0. The molecule has 74 valence electrons. The van der Waals surface area contributed by atoms with E-state index < -0.39 is 0 Å². The predicted octanol–water partition coefficient (Wildman–Crippen LogP) is 2.67. The average Bonchev–Trinajstić information content (AvgIpc) is 2.14. The van der Waals surface area contributed by atoms with Crippen molar-refractivity contribution in [1.82, 2.24) is 0 Å². The molecule has 0 atom stereocenters. The van der Waals surface area contributed by atoms with Crippen molar-refractivity contribution in [2.24, 2.45) is 0 Å². The van der Waals surface area contributed by atoms with Crippen molar-refractivity contribution < 1.29 is 0 Å². The number of nitrogens with zero attached hydrogens (tertiary/aromatic N) is 1. The van der Waals surface area contributed by atoms with Gasteiger partial charge in [0.25, 0.3) is 0 Å². The average molecular weight is 252 g/mol. The summed E-state index contributed by atoms with van der Waals surface area (Å²) in [5, 5.41) is 9.41. The van der Waals surface area contributed by atoms with Crippen LogP contribution < -0.4 is 0 Å².